The van der Waals surface area contributed by atoms with Crippen LogP contribution in [-0.2, 0) is 4.79 Å². The summed E-state index contributed by atoms with van der Waals surface area (Å²) in [6, 6.07) is -0.405. The highest BCUT2D eigenvalue weighted by Crippen LogP contribution is 2.09. The summed E-state index contributed by atoms with van der Waals surface area (Å²) in [5.74, 6) is -0.0834. The normalized spacial score (nSPS) is 14.3. The van der Waals surface area contributed by atoms with Gasteiger partial charge >= 0.3 is 0 Å². The van der Waals surface area contributed by atoms with E-state index in [4.69, 9.17) is 5.73 Å². The third kappa shape index (κ3) is 5.85. The maximum atomic E-state index is 11.0. The minimum Gasteiger partial charge on any atom is -0.354 e. The molecule has 3 nitrogen and oxygen atoms in total. The molecule has 0 saturated heterocycles. The van der Waals surface area contributed by atoms with E-state index in [0.717, 1.165) is 0 Å². The fourth-order valence-corrected chi connectivity index (χ4v) is 0.513. The van der Waals surface area contributed by atoms with Crippen LogP contribution in [-0.4, -0.2) is 18.5 Å². The summed E-state index contributed by atoms with van der Waals surface area (Å²) in [7, 11) is 0. The number of nitrogens with two attached hydrogens (primary N) is 1. The minimum absolute atomic E-state index is 0.0834. The number of nitrogens with one attached hydrogen (secondary N) is 1. The molecule has 0 aliphatic rings. The highest BCUT2D eigenvalue weighted by molar-refractivity contribution is 5.80. The molecule has 0 aromatic carbocycles. The van der Waals surface area contributed by atoms with Crippen molar-refractivity contribution in [3.63, 3.8) is 0 Å². The standard InChI is InChI=1S/C8H18N2O/c1-6(9)7(11)10-5-8(2,3)4/h6H,5,9H2,1-4H3,(H,10,11)/t6-/m1/s1. The maximum Gasteiger partial charge on any atom is 0.236 e. The van der Waals surface area contributed by atoms with Gasteiger partial charge in [-0.2, -0.15) is 0 Å². The van der Waals surface area contributed by atoms with E-state index in [2.05, 4.69) is 26.1 Å². The molecule has 1 amide bonds. The van der Waals surface area contributed by atoms with Gasteiger partial charge in [-0.15, -0.1) is 0 Å². The van der Waals surface area contributed by atoms with E-state index in [1.54, 1.807) is 6.92 Å². The summed E-state index contributed by atoms with van der Waals surface area (Å²) in [6.45, 7) is 8.54. The lowest BCUT2D eigenvalue weighted by Crippen LogP contribution is -2.41. The SMILES string of the molecule is C[C@@H](N)C(=O)NCC(C)(C)C. The van der Waals surface area contributed by atoms with Crippen molar-refractivity contribution in [2.75, 3.05) is 6.54 Å². The largest absolute Gasteiger partial charge is 0.354 e. The molecule has 0 aromatic heterocycles. The first kappa shape index (κ1) is 10.4. The third-order valence-electron chi connectivity index (χ3n) is 1.21. The zero-order valence-corrected chi connectivity index (χ0v) is 7.77. The molecule has 0 unspecified atom stereocenters. The number of hydrogen-bond acceptors (Lipinski definition) is 2. The lowest BCUT2D eigenvalue weighted by Gasteiger charge is -2.19. The first-order chi connectivity index (χ1) is 4.83. The Hall–Kier alpha value is -0.570. The Bertz CT molecular complexity index is 136. The van der Waals surface area contributed by atoms with Crippen LogP contribution < -0.4 is 11.1 Å². The van der Waals surface area contributed by atoms with Crippen LogP contribution in [0.4, 0.5) is 0 Å². The van der Waals surface area contributed by atoms with Gasteiger partial charge in [0, 0.05) is 6.54 Å². The topological polar surface area (TPSA) is 55.1 Å². The molecule has 0 spiro atoms. The van der Waals surface area contributed by atoms with Crippen molar-refractivity contribution in [3.05, 3.63) is 0 Å². The highest BCUT2D eigenvalue weighted by atomic mass is 16.2. The van der Waals surface area contributed by atoms with Crippen LogP contribution in [0.15, 0.2) is 0 Å². The van der Waals surface area contributed by atoms with E-state index in [1.165, 1.54) is 0 Å². The van der Waals surface area contributed by atoms with Crippen LogP contribution in [0.3, 0.4) is 0 Å². The summed E-state index contributed by atoms with van der Waals surface area (Å²) in [6.07, 6.45) is 0. The summed E-state index contributed by atoms with van der Waals surface area (Å²) < 4.78 is 0. The number of hydrogen-bond donors (Lipinski definition) is 2. The van der Waals surface area contributed by atoms with Gasteiger partial charge in [-0.25, -0.2) is 0 Å². The Morgan fingerprint density at radius 2 is 2.00 bits per heavy atom. The molecular formula is C8H18N2O. The predicted molar refractivity (Wildman–Crippen MR) is 46.1 cm³/mol. The quantitative estimate of drug-likeness (QED) is 0.614. The Morgan fingerprint density at radius 3 is 2.27 bits per heavy atom. The van der Waals surface area contributed by atoms with E-state index in [9.17, 15) is 4.79 Å². The van der Waals surface area contributed by atoms with Crippen LogP contribution in [0.25, 0.3) is 0 Å². The van der Waals surface area contributed by atoms with Gasteiger partial charge in [0.15, 0.2) is 0 Å². The van der Waals surface area contributed by atoms with Crippen LogP contribution in [0.5, 0.6) is 0 Å². The summed E-state index contributed by atoms with van der Waals surface area (Å²) in [5, 5.41) is 2.76. The van der Waals surface area contributed by atoms with Crippen LogP contribution >= 0.6 is 0 Å². The molecule has 0 bridgehead atoms. The van der Waals surface area contributed by atoms with Gasteiger partial charge in [-0.05, 0) is 12.3 Å². The van der Waals surface area contributed by atoms with Gasteiger partial charge in [0.05, 0.1) is 6.04 Å². The summed E-state index contributed by atoms with van der Waals surface area (Å²) >= 11 is 0. The van der Waals surface area contributed by atoms with Crippen LogP contribution in [0.1, 0.15) is 27.7 Å². The smallest absolute Gasteiger partial charge is 0.236 e. The van der Waals surface area contributed by atoms with Gasteiger partial charge < -0.3 is 11.1 Å². The monoisotopic (exact) mass is 158 g/mol. The maximum absolute atomic E-state index is 11.0. The fourth-order valence-electron chi connectivity index (χ4n) is 0.513. The first-order valence-electron chi connectivity index (χ1n) is 3.86. The average molecular weight is 158 g/mol. The van der Waals surface area contributed by atoms with Crippen molar-refractivity contribution in [2.24, 2.45) is 11.1 Å². The highest BCUT2D eigenvalue weighted by Gasteiger charge is 2.13. The molecule has 0 saturated carbocycles. The molecule has 0 aliphatic carbocycles. The first-order valence-corrected chi connectivity index (χ1v) is 3.86. The van der Waals surface area contributed by atoms with Gasteiger partial charge in [-0.1, -0.05) is 20.8 Å². The van der Waals surface area contributed by atoms with E-state index in [1.807, 2.05) is 0 Å². The number of rotatable bonds is 2. The second-order valence-electron chi connectivity index (χ2n) is 4.07. The Labute approximate surface area is 68.3 Å². The van der Waals surface area contributed by atoms with Gasteiger partial charge in [0.25, 0.3) is 0 Å². The summed E-state index contributed by atoms with van der Waals surface area (Å²) in [5.41, 5.74) is 5.48. The average Bonchev–Trinajstić information content (AvgIpc) is 1.80. The minimum atomic E-state index is -0.405. The van der Waals surface area contributed by atoms with Crippen molar-refractivity contribution in [1.29, 1.82) is 0 Å². The zero-order valence-electron chi connectivity index (χ0n) is 7.77. The Balaban J connectivity index is 3.64. The molecule has 0 radical (unpaired) electrons. The van der Waals surface area contributed by atoms with Gasteiger partial charge in [0.2, 0.25) is 5.91 Å². The molecule has 0 fully saturated rings. The van der Waals surface area contributed by atoms with Crippen LogP contribution in [0.2, 0.25) is 0 Å². The number of carbonyl (C=O) groups is 1. The Morgan fingerprint density at radius 1 is 1.55 bits per heavy atom. The molecule has 0 aromatic rings. The molecule has 1 atom stereocenters. The fraction of sp³-hybridized carbons (Fsp3) is 0.875. The van der Waals surface area contributed by atoms with E-state index < -0.39 is 6.04 Å². The lowest BCUT2D eigenvalue weighted by atomic mass is 9.97. The molecule has 11 heavy (non-hydrogen) atoms. The van der Waals surface area contributed by atoms with E-state index in [-0.39, 0.29) is 11.3 Å². The van der Waals surface area contributed by atoms with Crippen molar-refractivity contribution in [3.8, 4) is 0 Å². The van der Waals surface area contributed by atoms with Crippen LogP contribution in [0, 0.1) is 5.41 Å². The summed E-state index contributed by atoms with van der Waals surface area (Å²) in [4.78, 5) is 11.0. The zero-order chi connectivity index (χ0) is 9.07. The molecule has 0 rings (SSSR count). The molecule has 0 aliphatic heterocycles. The second-order valence-corrected chi connectivity index (χ2v) is 4.07. The van der Waals surface area contributed by atoms with E-state index >= 15 is 0 Å². The Kier molecular flexibility index (Phi) is 3.52. The molecule has 0 heterocycles. The van der Waals surface area contributed by atoms with Crippen molar-refractivity contribution < 1.29 is 4.79 Å². The van der Waals surface area contributed by atoms with Gasteiger partial charge in [0.1, 0.15) is 0 Å². The second kappa shape index (κ2) is 3.72. The van der Waals surface area contributed by atoms with Crippen molar-refractivity contribution in [2.45, 2.75) is 33.7 Å². The van der Waals surface area contributed by atoms with Crippen molar-refractivity contribution in [1.82, 2.24) is 5.32 Å². The van der Waals surface area contributed by atoms with E-state index in [0.29, 0.717) is 6.54 Å². The molecular weight excluding hydrogens is 140 g/mol. The molecule has 3 heteroatoms. The lowest BCUT2D eigenvalue weighted by molar-refractivity contribution is -0.122. The predicted octanol–water partition coefficient (Wildman–Crippen LogP) is 0.496. The number of amides is 1. The van der Waals surface area contributed by atoms with Crippen molar-refractivity contribution >= 4 is 5.91 Å². The number of carbonyl (C=O) groups excluding carboxylic acids is 1. The molecule has 66 valence electrons. The third-order valence-corrected chi connectivity index (χ3v) is 1.21. The molecule has 3 N–H and O–H groups in total. The van der Waals surface area contributed by atoms with Gasteiger partial charge in [-0.3, -0.25) is 4.79 Å².